The molecule has 24 heavy (non-hydrogen) atoms. The molecule has 128 valence electrons. The van der Waals surface area contributed by atoms with Gasteiger partial charge in [0.25, 0.3) is 5.91 Å². The average Bonchev–Trinajstić information content (AvgIpc) is 3.11. The lowest BCUT2D eigenvalue weighted by molar-refractivity contribution is 0.0827. The zero-order valence-corrected chi connectivity index (χ0v) is 14.4. The predicted octanol–water partition coefficient (Wildman–Crippen LogP) is 1.89. The first-order valence-electron chi connectivity index (χ1n) is 7.87. The number of nitrogens with zero attached hydrogens (tertiary/aromatic N) is 2. The highest BCUT2D eigenvalue weighted by molar-refractivity contribution is 5.93. The molecule has 0 bridgehead atoms. The van der Waals surface area contributed by atoms with Crippen molar-refractivity contribution in [3.8, 4) is 0 Å². The third-order valence-electron chi connectivity index (χ3n) is 3.53. The van der Waals surface area contributed by atoms with Gasteiger partial charge in [0.15, 0.2) is 5.96 Å². The van der Waals surface area contributed by atoms with Crippen molar-refractivity contribution in [1.82, 2.24) is 15.5 Å². The molecule has 1 amide bonds. The summed E-state index contributed by atoms with van der Waals surface area (Å²) in [5, 5.41) is 6.49. The topological polar surface area (TPSA) is 69.9 Å². The van der Waals surface area contributed by atoms with Crippen LogP contribution in [0.1, 0.15) is 21.7 Å². The number of guanidine groups is 1. The van der Waals surface area contributed by atoms with Crippen molar-refractivity contribution in [2.75, 3.05) is 27.7 Å². The van der Waals surface area contributed by atoms with Gasteiger partial charge in [0.05, 0.1) is 6.26 Å². The molecular formula is C18H24N4O2. The van der Waals surface area contributed by atoms with Crippen LogP contribution >= 0.6 is 0 Å². The Hall–Kier alpha value is -2.76. The van der Waals surface area contributed by atoms with Crippen molar-refractivity contribution in [3.05, 3.63) is 59.5 Å². The van der Waals surface area contributed by atoms with Gasteiger partial charge in [-0.25, -0.2) is 0 Å². The third kappa shape index (κ3) is 5.15. The molecule has 0 saturated carbocycles. The van der Waals surface area contributed by atoms with Gasteiger partial charge in [0.2, 0.25) is 0 Å². The molecular weight excluding hydrogens is 304 g/mol. The van der Waals surface area contributed by atoms with Crippen LogP contribution < -0.4 is 10.6 Å². The van der Waals surface area contributed by atoms with Gasteiger partial charge in [-0.2, -0.15) is 0 Å². The van der Waals surface area contributed by atoms with Crippen LogP contribution in [0.3, 0.4) is 0 Å². The normalized spacial score (nSPS) is 11.2. The number of hydrogen-bond acceptors (Lipinski definition) is 3. The second-order valence-electron chi connectivity index (χ2n) is 5.58. The van der Waals surface area contributed by atoms with E-state index in [1.165, 1.54) is 0 Å². The first kappa shape index (κ1) is 17.6. The predicted molar refractivity (Wildman–Crippen MR) is 95.1 cm³/mol. The van der Waals surface area contributed by atoms with E-state index in [4.69, 9.17) is 4.42 Å². The number of furan rings is 1. The summed E-state index contributed by atoms with van der Waals surface area (Å²) < 4.78 is 5.29. The fraction of sp³-hybridized carbons (Fsp3) is 0.333. The molecule has 2 rings (SSSR count). The highest BCUT2D eigenvalue weighted by Gasteiger charge is 2.07. The summed E-state index contributed by atoms with van der Waals surface area (Å²) in [7, 11) is 5.23. The Morgan fingerprint density at radius 3 is 2.50 bits per heavy atom. The fourth-order valence-corrected chi connectivity index (χ4v) is 2.19. The van der Waals surface area contributed by atoms with E-state index >= 15 is 0 Å². The van der Waals surface area contributed by atoms with Crippen molar-refractivity contribution < 1.29 is 9.21 Å². The molecule has 0 fully saturated rings. The second-order valence-corrected chi connectivity index (χ2v) is 5.58. The molecule has 1 aromatic heterocycles. The van der Waals surface area contributed by atoms with Gasteiger partial charge in [-0.05, 0) is 29.8 Å². The van der Waals surface area contributed by atoms with E-state index < -0.39 is 0 Å². The molecule has 1 heterocycles. The Morgan fingerprint density at radius 1 is 1.17 bits per heavy atom. The first-order chi connectivity index (χ1) is 11.6. The third-order valence-corrected chi connectivity index (χ3v) is 3.53. The largest absolute Gasteiger partial charge is 0.469 e. The molecule has 0 atom stereocenters. The molecule has 6 nitrogen and oxygen atoms in total. The molecule has 0 unspecified atom stereocenters. The molecule has 0 saturated heterocycles. The minimum absolute atomic E-state index is 0.00455. The lowest BCUT2D eigenvalue weighted by atomic mass is 10.1. The van der Waals surface area contributed by atoms with Crippen LogP contribution in [0, 0.1) is 0 Å². The van der Waals surface area contributed by atoms with Gasteiger partial charge in [0, 0.05) is 46.2 Å². The molecule has 6 heteroatoms. The maximum atomic E-state index is 11.9. The van der Waals surface area contributed by atoms with Crippen molar-refractivity contribution >= 4 is 11.9 Å². The monoisotopic (exact) mass is 328 g/mol. The molecule has 0 aliphatic heterocycles. The van der Waals surface area contributed by atoms with Crippen LogP contribution in [0.4, 0.5) is 0 Å². The summed E-state index contributed by atoms with van der Waals surface area (Å²) in [5.74, 6) is 1.68. The molecule has 1 aromatic carbocycles. The number of nitrogens with one attached hydrogen (secondary N) is 2. The molecule has 0 radical (unpaired) electrons. The van der Waals surface area contributed by atoms with E-state index in [-0.39, 0.29) is 5.91 Å². The summed E-state index contributed by atoms with van der Waals surface area (Å²) in [6.07, 6.45) is 2.47. The van der Waals surface area contributed by atoms with Gasteiger partial charge in [0.1, 0.15) is 5.76 Å². The van der Waals surface area contributed by atoms with Crippen LogP contribution in [-0.4, -0.2) is 44.5 Å². The van der Waals surface area contributed by atoms with E-state index in [1.807, 2.05) is 36.4 Å². The van der Waals surface area contributed by atoms with Crippen molar-refractivity contribution in [2.45, 2.75) is 13.0 Å². The molecule has 0 aliphatic rings. The highest BCUT2D eigenvalue weighted by atomic mass is 16.3. The molecule has 2 N–H and O–H groups in total. The maximum Gasteiger partial charge on any atom is 0.253 e. The van der Waals surface area contributed by atoms with Gasteiger partial charge >= 0.3 is 0 Å². The number of carbonyl (C=O) groups excluding carboxylic acids is 1. The minimum atomic E-state index is 0.00455. The van der Waals surface area contributed by atoms with Crippen LogP contribution in [0.5, 0.6) is 0 Å². The van der Waals surface area contributed by atoms with Gasteiger partial charge in [-0.15, -0.1) is 0 Å². The van der Waals surface area contributed by atoms with Crippen LogP contribution in [-0.2, 0) is 13.0 Å². The zero-order valence-electron chi connectivity index (χ0n) is 14.4. The maximum absolute atomic E-state index is 11.9. The first-order valence-corrected chi connectivity index (χ1v) is 7.87. The second kappa shape index (κ2) is 8.76. The minimum Gasteiger partial charge on any atom is -0.469 e. The fourth-order valence-electron chi connectivity index (χ4n) is 2.19. The number of benzene rings is 1. The number of carbonyl (C=O) groups is 1. The SMILES string of the molecule is CN=C(NCCc1ccco1)NCc1ccc(C(=O)N(C)C)cc1. The number of hydrogen-bond donors (Lipinski definition) is 2. The van der Waals surface area contributed by atoms with Crippen LogP contribution in [0.15, 0.2) is 52.1 Å². The summed E-state index contributed by atoms with van der Waals surface area (Å²) in [6.45, 7) is 1.38. The Balaban J connectivity index is 1.79. The summed E-state index contributed by atoms with van der Waals surface area (Å²) >= 11 is 0. The van der Waals surface area contributed by atoms with E-state index in [0.717, 1.165) is 30.2 Å². The lowest BCUT2D eigenvalue weighted by Crippen LogP contribution is -2.37. The molecule has 2 aromatic rings. The van der Waals surface area contributed by atoms with Gasteiger partial charge in [-0.1, -0.05) is 12.1 Å². The Bertz CT molecular complexity index is 661. The van der Waals surface area contributed by atoms with E-state index in [0.29, 0.717) is 12.1 Å². The van der Waals surface area contributed by atoms with Gasteiger partial charge in [-0.3, -0.25) is 9.79 Å². The molecule has 0 spiro atoms. The quantitative estimate of drug-likeness (QED) is 0.627. The Labute approximate surface area is 142 Å². The number of aliphatic imine (C=N–C) groups is 1. The average molecular weight is 328 g/mol. The zero-order chi connectivity index (χ0) is 17.4. The van der Waals surface area contributed by atoms with Crippen LogP contribution in [0.25, 0.3) is 0 Å². The summed E-state index contributed by atoms with van der Waals surface area (Å²) in [4.78, 5) is 17.6. The van der Waals surface area contributed by atoms with Crippen LogP contribution in [0.2, 0.25) is 0 Å². The number of amides is 1. The van der Waals surface area contributed by atoms with Crippen molar-refractivity contribution in [3.63, 3.8) is 0 Å². The van der Waals surface area contributed by atoms with Crippen molar-refractivity contribution in [2.24, 2.45) is 4.99 Å². The van der Waals surface area contributed by atoms with E-state index in [1.54, 1.807) is 32.3 Å². The smallest absolute Gasteiger partial charge is 0.253 e. The highest BCUT2D eigenvalue weighted by Crippen LogP contribution is 2.06. The van der Waals surface area contributed by atoms with E-state index in [2.05, 4.69) is 15.6 Å². The summed E-state index contributed by atoms with van der Waals surface area (Å²) in [6, 6.07) is 11.4. The van der Waals surface area contributed by atoms with Gasteiger partial charge < -0.3 is 20.0 Å². The van der Waals surface area contributed by atoms with Crippen molar-refractivity contribution in [1.29, 1.82) is 0 Å². The Morgan fingerprint density at radius 2 is 1.92 bits per heavy atom. The summed E-state index contributed by atoms with van der Waals surface area (Å²) in [5.41, 5.74) is 1.77. The Kier molecular flexibility index (Phi) is 6.42. The number of rotatable bonds is 6. The molecule has 0 aliphatic carbocycles. The van der Waals surface area contributed by atoms with E-state index in [9.17, 15) is 4.79 Å². The standard InChI is InChI=1S/C18H24N4O2/c1-19-18(20-11-10-16-5-4-12-24-16)21-13-14-6-8-15(9-7-14)17(23)22(2)3/h4-9,12H,10-11,13H2,1-3H3,(H2,19,20,21). The lowest BCUT2D eigenvalue weighted by Gasteiger charge is -2.13.